The third kappa shape index (κ3) is 2.93. The lowest BCUT2D eigenvalue weighted by molar-refractivity contribution is -0.147. The van der Waals surface area contributed by atoms with E-state index in [0.717, 1.165) is 18.5 Å². The van der Waals surface area contributed by atoms with Crippen molar-refractivity contribution in [2.75, 3.05) is 0 Å². The average molecular weight is 235 g/mol. The maximum absolute atomic E-state index is 12.4. The summed E-state index contributed by atoms with van der Waals surface area (Å²) in [5.41, 5.74) is -1.33. The molecular weight excluding hydrogens is 227 g/mol. The van der Waals surface area contributed by atoms with Gasteiger partial charge in [-0.05, 0) is 11.6 Å². The molecule has 1 rings (SSSR count). The summed E-state index contributed by atoms with van der Waals surface area (Å²) < 4.78 is 37.3. The molecule has 1 heterocycles. The van der Waals surface area contributed by atoms with Gasteiger partial charge in [0.25, 0.3) is 0 Å². The molecule has 0 saturated carbocycles. The van der Waals surface area contributed by atoms with Crippen LogP contribution in [0.2, 0.25) is 0 Å². The molecule has 1 aromatic heterocycles. The number of carboxylic acid groups (broad SMARTS) is 1. The Morgan fingerprint density at radius 1 is 1.50 bits per heavy atom. The summed E-state index contributed by atoms with van der Waals surface area (Å²) >= 11 is 0. The molecule has 2 N–H and O–H groups in total. The van der Waals surface area contributed by atoms with Crippen LogP contribution in [0.1, 0.15) is 11.1 Å². The number of aliphatic hydroxyl groups excluding tert-OH is 1. The summed E-state index contributed by atoms with van der Waals surface area (Å²) in [6.45, 7) is 0. The summed E-state index contributed by atoms with van der Waals surface area (Å²) in [6, 6.07) is 0.740. The molecule has 88 valence electrons. The molecule has 0 aliphatic carbocycles. The van der Waals surface area contributed by atoms with E-state index in [1.807, 2.05) is 0 Å². The molecule has 0 spiro atoms. The summed E-state index contributed by atoms with van der Waals surface area (Å²) in [4.78, 5) is 13.8. The van der Waals surface area contributed by atoms with Gasteiger partial charge in [-0.15, -0.1) is 0 Å². The Hall–Kier alpha value is -1.63. The molecule has 1 unspecified atom stereocenters. The standard InChI is InChI=1S/C9H8F3NO3/c10-9(11,12)6-1-2-13-4-5(6)3-7(14)8(15)16/h1-2,4,7,14H,3H2,(H,15,16). The molecule has 0 aromatic carbocycles. The maximum Gasteiger partial charge on any atom is 0.416 e. The number of hydrogen-bond acceptors (Lipinski definition) is 3. The van der Waals surface area contributed by atoms with Crippen molar-refractivity contribution < 1.29 is 28.2 Å². The molecule has 0 bridgehead atoms. The van der Waals surface area contributed by atoms with Crippen LogP contribution in [0.4, 0.5) is 13.2 Å². The zero-order valence-corrected chi connectivity index (χ0v) is 7.90. The summed E-state index contributed by atoms with van der Waals surface area (Å²) in [5, 5.41) is 17.4. The van der Waals surface area contributed by atoms with Crippen LogP contribution >= 0.6 is 0 Å². The number of aromatic nitrogens is 1. The average Bonchev–Trinajstić information content (AvgIpc) is 2.16. The van der Waals surface area contributed by atoms with Crippen molar-refractivity contribution in [3.8, 4) is 0 Å². The molecule has 0 aliphatic rings. The van der Waals surface area contributed by atoms with Crippen LogP contribution in [0.15, 0.2) is 18.5 Å². The third-order valence-electron chi connectivity index (χ3n) is 1.91. The molecule has 0 saturated heterocycles. The fraction of sp³-hybridized carbons (Fsp3) is 0.333. The van der Waals surface area contributed by atoms with Crippen molar-refractivity contribution in [3.05, 3.63) is 29.6 Å². The quantitative estimate of drug-likeness (QED) is 0.822. The van der Waals surface area contributed by atoms with Crippen molar-refractivity contribution in [2.45, 2.75) is 18.7 Å². The van der Waals surface area contributed by atoms with E-state index in [1.54, 1.807) is 0 Å². The topological polar surface area (TPSA) is 70.4 Å². The molecule has 7 heteroatoms. The number of pyridine rings is 1. The number of halogens is 3. The first-order valence-electron chi connectivity index (χ1n) is 4.23. The van der Waals surface area contributed by atoms with E-state index in [4.69, 9.17) is 10.2 Å². The lowest BCUT2D eigenvalue weighted by Crippen LogP contribution is -2.24. The van der Waals surface area contributed by atoms with Gasteiger partial charge in [-0.2, -0.15) is 13.2 Å². The van der Waals surface area contributed by atoms with Gasteiger partial charge in [0, 0.05) is 18.8 Å². The van der Waals surface area contributed by atoms with Gasteiger partial charge >= 0.3 is 12.1 Å². The maximum atomic E-state index is 12.4. The van der Waals surface area contributed by atoms with Gasteiger partial charge in [0.1, 0.15) is 0 Å². The summed E-state index contributed by atoms with van der Waals surface area (Å²) in [5.74, 6) is -1.57. The number of aliphatic carboxylic acids is 1. The second-order valence-corrected chi connectivity index (χ2v) is 3.09. The first kappa shape index (κ1) is 12.4. The SMILES string of the molecule is O=C(O)C(O)Cc1cnccc1C(F)(F)F. The van der Waals surface area contributed by atoms with Crippen molar-refractivity contribution in [3.63, 3.8) is 0 Å². The highest BCUT2D eigenvalue weighted by Gasteiger charge is 2.34. The van der Waals surface area contributed by atoms with Gasteiger partial charge in [-0.25, -0.2) is 4.79 Å². The Bertz CT molecular complexity index is 392. The molecule has 1 aromatic rings. The number of rotatable bonds is 3. The van der Waals surface area contributed by atoms with E-state index in [2.05, 4.69) is 4.98 Å². The smallest absolute Gasteiger partial charge is 0.416 e. The van der Waals surface area contributed by atoms with Gasteiger partial charge in [0.05, 0.1) is 5.56 Å². The zero-order chi connectivity index (χ0) is 12.3. The monoisotopic (exact) mass is 235 g/mol. The van der Waals surface area contributed by atoms with Crippen LogP contribution in [0.25, 0.3) is 0 Å². The van der Waals surface area contributed by atoms with Crippen molar-refractivity contribution >= 4 is 5.97 Å². The normalized spacial score (nSPS) is 13.5. The Balaban J connectivity index is 3.01. The van der Waals surface area contributed by atoms with Crippen LogP contribution in [0.5, 0.6) is 0 Å². The first-order chi connectivity index (χ1) is 7.32. The van der Waals surface area contributed by atoms with E-state index in [0.29, 0.717) is 0 Å². The summed E-state index contributed by atoms with van der Waals surface area (Å²) in [7, 11) is 0. The highest BCUT2D eigenvalue weighted by atomic mass is 19.4. The number of aliphatic hydroxyl groups is 1. The molecule has 0 amide bonds. The van der Waals surface area contributed by atoms with E-state index in [9.17, 15) is 18.0 Å². The molecule has 1 atom stereocenters. The van der Waals surface area contributed by atoms with Gasteiger partial charge in [-0.1, -0.05) is 0 Å². The molecule has 0 radical (unpaired) electrons. The van der Waals surface area contributed by atoms with Crippen molar-refractivity contribution in [1.29, 1.82) is 0 Å². The minimum Gasteiger partial charge on any atom is -0.479 e. The van der Waals surface area contributed by atoms with Crippen LogP contribution < -0.4 is 0 Å². The Morgan fingerprint density at radius 3 is 2.62 bits per heavy atom. The largest absolute Gasteiger partial charge is 0.479 e. The Labute approximate surface area is 88.4 Å². The Morgan fingerprint density at radius 2 is 2.12 bits per heavy atom. The number of hydrogen-bond donors (Lipinski definition) is 2. The first-order valence-corrected chi connectivity index (χ1v) is 4.23. The number of carboxylic acids is 1. The predicted octanol–water partition coefficient (Wildman–Crippen LogP) is 1.09. The van der Waals surface area contributed by atoms with Crippen LogP contribution in [0.3, 0.4) is 0 Å². The minimum atomic E-state index is -4.59. The number of carbonyl (C=O) groups is 1. The van der Waals surface area contributed by atoms with Crippen LogP contribution in [-0.2, 0) is 17.4 Å². The number of alkyl halides is 3. The van der Waals surface area contributed by atoms with E-state index < -0.39 is 30.2 Å². The second-order valence-electron chi connectivity index (χ2n) is 3.09. The van der Waals surface area contributed by atoms with Gasteiger partial charge < -0.3 is 10.2 Å². The number of nitrogens with zero attached hydrogens (tertiary/aromatic N) is 1. The highest BCUT2D eigenvalue weighted by molar-refractivity contribution is 5.72. The molecule has 0 fully saturated rings. The fourth-order valence-electron chi connectivity index (χ4n) is 1.16. The van der Waals surface area contributed by atoms with E-state index >= 15 is 0 Å². The van der Waals surface area contributed by atoms with Gasteiger partial charge in [0.15, 0.2) is 6.10 Å². The predicted molar refractivity (Wildman–Crippen MR) is 46.6 cm³/mol. The Kier molecular flexibility index (Phi) is 3.48. The van der Waals surface area contributed by atoms with E-state index in [1.165, 1.54) is 0 Å². The summed E-state index contributed by atoms with van der Waals surface area (Å²) in [6.07, 6.45) is -5.23. The van der Waals surface area contributed by atoms with E-state index in [-0.39, 0.29) is 5.56 Å². The van der Waals surface area contributed by atoms with Crippen LogP contribution in [0, 0.1) is 0 Å². The van der Waals surface area contributed by atoms with Crippen molar-refractivity contribution in [2.24, 2.45) is 0 Å². The molecule has 16 heavy (non-hydrogen) atoms. The zero-order valence-electron chi connectivity index (χ0n) is 7.90. The highest BCUT2D eigenvalue weighted by Crippen LogP contribution is 2.31. The fourth-order valence-corrected chi connectivity index (χ4v) is 1.16. The molecule has 0 aliphatic heterocycles. The molecular formula is C9H8F3NO3. The van der Waals surface area contributed by atoms with Crippen LogP contribution in [-0.4, -0.2) is 27.3 Å². The lowest BCUT2D eigenvalue weighted by Gasteiger charge is -2.13. The minimum absolute atomic E-state index is 0.343. The van der Waals surface area contributed by atoms with Gasteiger partial charge in [0.2, 0.25) is 0 Å². The lowest BCUT2D eigenvalue weighted by atomic mass is 10.0. The van der Waals surface area contributed by atoms with Gasteiger partial charge in [-0.3, -0.25) is 4.98 Å². The third-order valence-corrected chi connectivity index (χ3v) is 1.91. The molecule has 4 nitrogen and oxygen atoms in total. The van der Waals surface area contributed by atoms with Crippen molar-refractivity contribution in [1.82, 2.24) is 4.98 Å². The second kappa shape index (κ2) is 4.48.